The van der Waals surface area contributed by atoms with Gasteiger partial charge in [-0.3, -0.25) is 4.90 Å². The van der Waals surface area contributed by atoms with E-state index in [-0.39, 0.29) is 6.04 Å². The predicted octanol–water partition coefficient (Wildman–Crippen LogP) is 1.87. The number of nitrogens with zero attached hydrogens (tertiary/aromatic N) is 2. The molecule has 1 aromatic rings. The van der Waals surface area contributed by atoms with Gasteiger partial charge in [0.2, 0.25) is 0 Å². The van der Waals surface area contributed by atoms with Crippen molar-refractivity contribution in [2.24, 2.45) is 5.73 Å². The van der Waals surface area contributed by atoms with Crippen LogP contribution in [-0.2, 0) is 6.42 Å². The number of hydrogen-bond acceptors (Lipinski definition) is 4. The number of nitrogens with two attached hydrogens (primary N) is 1. The van der Waals surface area contributed by atoms with E-state index in [1.807, 2.05) is 0 Å². The third kappa shape index (κ3) is 3.38. The Hall–Kier alpha value is -0.840. The molecule has 0 radical (unpaired) electrons. The van der Waals surface area contributed by atoms with Gasteiger partial charge in [0, 0.05) is 25.6 Å². The molecule has 1 aliphatic rings. The average molecular weight is 265 g/mol. The summed E-state index contributed by atoms with van der Waals surface area (Å²) in [5.41, 5.74) is 6.01. The van der Waals surface area contributed by atoms with Crippen LogP contribution in [0, 0.1) is 0 Å². The first-order valence-corrected chi connectivity index (χ1v) is 7.34. The summed E-state index contributed by atoms with van der Waals surface area (Å²) < 4.78 is 5.92. The molecule has 1 aromatic heterocycles. The Kier molecular flexibility index (Phi) is 5.02. The Morgan fingerprint density at radius 2 is 2.26 bits per heavy atom. The van der Waals surface area contributed by atoms with Crippen molar-refractivity contribution >= 4 is 0 Å². The molecule has 0 amide bonds. The normalized spacial score (nSPS) is 22.3. The van der Waals surface area contributed by atoms with E-state index in [9.17, 15) is 0 Å². The van der Waals surface area contributed by atoms with Crippen LogP contribution < -0.4 is 5.73 Å². The smallest absolute Gasteiger partial charge is 0.122 e. The summed E-state index contributed by atoms with van der Waals surface area (Å²) in [5.74, 6) is 2.09. The molecular weight excluding hydrogens is 238 g/mol. The van der Waals surface area contributed by atoms with Crippen molar-refractivity contribution in [3.8, 4) is 0 Å². The van der Waals surface area contributed by atoms with Crippen LogP contribution in [0.3, 0.4) is 0 Å². The van der Waals surface area contributed by atoms with Gasteiger partial charge in [-0.15, -0.1) is 0 Å². The first kappa shape index (κ1) is 14.6. The fourth-order valence-corrected chi connectivity index (χ4v) is 3.06. The molecule has 1 saturated heterocycles. The Balaban J connectivity index is 2.11. The largest absolute Gasteiger partial charge is 0.464 e. The van der Waals surface area contributed by atoms with E-state index in [4.69, 9.17) is 10.2 Å². The van der Waals surface area contributed by atoms with E-state index in [1.165, 1.54) is 12.8 Å². The van der Waals surface area contributed by atoms with Gasteiger partial charge >= 0.3 is 0 Å². The van der Waals surface area contributed by atoms with Gasteiger partial charge in [-0.25, -0.2) is 0 Å². The highest BCUT2D eigenvalue weighted by molar-refractivity contribution is 5.12. The quantitative estimate of drug-likeness (QED) is 0.853. The van der Waals surface area contributed by atoms with Crippen LogP contribution in [0.15, 0.2) is 16.5 Å². The van der Waals surface area contributed by atoms with Crippen molar-refractivity contribution in [2.75, 3.05) is 33.7 Å². The van der Waals surface area contributed by atoms with Crippen LogP contribution in [0.1, 0.15) is 37.3 Å². The second-order valence-corrected chi connectivity index (χ2v) is 5.71. The molecule has 108 valence electrons. The SMILES string of the molecule is CCc1ccc(C(CN)N2CCCC2CN(C)C)o1. The maximum Gasteiger partial charge on any atom is 0.122 e. The van der Waals surface area contributed by atoms with E-state index in [1.54, 1.807) is 0 Å². The van der Waals surface area contributed by atoms with Gasteiger partial charge in [-0.05, 0) is 45.6 Å². The number of aryl methyl sites for hydroxylation is 1. The van der Waals surface area contributed by atoms with Crippen molar-refractivity contribution in [2.45, 2.75) is 38.3 Å². The molecule has 4 heteroatoms. The maximum atomic E-state index is 6.01. The van der Waals surface area contributed by atoms with Gasteiger partial charge in [-0.1, -0.05) is 6.92 Å². The van der Waals surface area contributed by atoms with Crippen molar-refractivity contribution in [1.82, 2.24) is 9.80 Å². The highest BCUT2D eigenvalue weighted by atomic mass is 16.3. The topological polar surface area (TPSA) is 45.6 Å². The Morgan fingerprint density at radius 3 is 2.84 bits per heavy atom. The summed E-state index contributed by atoms with van der Waals surface area (Å²) in [6.07, 6.45) is 3.46. The minimum atomic E-state index is 0.229. The lowest BCUT2D eigenvalue weighted by Crippen LogP contribution is -2.42. The first-order valence-electron chi connectivity index (χ1n) is 7.34. The Bertz CT molecular complexity index is 388. The summed E-state index contributed by atoms with van der Waals surface area (Å²) in [7, 11) is 4.27. The molecule has 0 bridgehead atoms. The summed E-state index contributed by atoms with van der Waals surface area (Å²) >= 11 is 0. The van der Waals surface area contributed by atoms with Crippen LogP contribution in [0.5, 0.6) is 0 Å². The third-order valence-electron chi connectivity index (χ3n) is 3.98. The van der Waals surface area contributed by atoms with Crippen LogP contribution >= 0.6 is 0 Å². The number of likely N-dealkylation sites (tertiary alicyclic amines) is 1. The zero-order valence-electron chi connectivity index (χ0n) is 12.4. The Labute approximate surface area is 116 Å². The van der Waals surface area contributed by atoms with Crippen LogP contribution in [-0.4, -0.2) is 49.6 Å². The molecule has 0 aromatic carbocycles. The third-order valence-corrected chi connectivity index (χ3v) is 3.98. The fourth-order valence-electron chi connectivity index (χ4n) is 3.06. The van der Waals surface area contributed by atoms with Crippen molar-refractivity contribution in [1.29, 1.82) is 0 Å². The molecule has 19 heavy (non-hydrogen) atoms. The predicted molar refractivity (Wildman–Crippen MR) is 78.2 cm³/mol. The number of hydrogen-bond donors (Lipinski definition) is 1. The van der Waals surface area contributed by atoms with Crippen molar-refractivity contribution in [3.63, 3.8) is 0 Å². The summed E-state index contributed by atoms with van der Waals surface area (Å²) in [6, 6.07) is 5.00. The average Bonchev–Trinajstić information content (AvgIpc) is 3.00. The monoisotopic (exact) mass is 265 g/mol. The lowest BCUT2D eigenvalue weighted by atomic mass is 10.1. The van der Waals surface area contributed by atoms with Crippen LogP contribution in [0.2, 0.25) is 0 Å². The van der Waals surface area contributed by atoms with Gasteiger partial charge in [0.15, 0.2) is 0 Å². The van der Waals surface area contributed by atoms with Crippen molar-refractivity contribution in [3.05, 3.63) is 23.7 Å². The van der Waals surface area contributed by atoms with Crippen LogP contribution in [0.4, 0.5) is 0 Å². The molecule has 1 fully saturated rings. The molecule has 0 aliphatic carbocycles. The second kappa shape index (κ2) is 6.55. The van der Waals surface area contributed by atoms with Gasteiger partial charge in [0.1, 0.15) is 11.5 Å². The minimum absolute atomic E-state index is 0.229. The molecule has 4 nitrogen and oxygen atoms in total. The number of likely N-dealkylation sites (N-methyl/N-ethyl adjacent to an activating group) is 1. The maximum absolute atomic E-state index is 6.01. The van der Waals surface area contributed by atoms with Gasteiger partial charge < -0.3 is 15.1 Å². The van der Waals surface area contributed by atoms with Gasteiger partial charge in [0.05, 0.1) is 6.04 Å². The molecule has 0 saturated carbocycles. The molecule has 0 spiro atoms. The molecule has 2 unspecified atom stereocenters. The van der Waals surface area contributed by atoms with Gasteiger partial charge in [-0.2, -0.15) is 0 Å². The van der Waals surface area contributed by atoms with Gasteiger partial charge in [0.25, 0.3) is 0 Å². The Morgan fingerprint density at radius 1 is 1.47 bits per heavy atom. The highest BCUT2D eigenvalue weighted by Crippen LogP contribution is 2.30. The summed E-state index contributed by atoms with van der Waals surface area (Å²) in [4.78, 5) is 4.79. The molecule has 2 heterocycles. The second-order valence-electron chi connectivity index (χ2n) is 5.71. The molecule has 2 rings (SSSR count). The van der Waals surface area contributed by atoms with E-state index < -0.39 is 0 Å². The summed E-state index contributed by atoms with van der Waals surface area (Å²) in [5, 5.41) is 0. The zero-order valence-corrected chi connectivity index (χ0v) is 12.4. The zero-order chi connectivity index (χ0) is 13.8. The van der Waals surface area contributed by atoms with Crippen LogP contribution in [0.25, 0.3) is 0 Å². The molecule has 1 aliphatic heterocycles. The van der Waals surface area contributed by atoms with E-state index in [0.717, 1.165) is 31.0 Å². The summed E-state index contributed by atoms with van der Waals surface area (Å²) in [6.45, 7) is 4.96. The van der Waals surface area contributed by atoms with E-state index >= 15 is 0 Å². The molecular formula is C15H27N3O. The van der Waals surface area contributed by atoms with Crippen molar-refractivity contribution < 1.29 is 4.42 Å². The van der Waals surface area contributed by atoms with E-state index in [0.29, 0.717) is 12.6 Å². The molecule has 2 atom stereocenters. The molecule has 2 N–H and O–H groups in total. The van der Waals surface area contributed by atoms with E-state index in [2.05, 4.69) is 43.0 Å². The lowest BCUT2D eigenvalue weighted by molar-refractivity contribution is 0.139. The number of furan rings is 1. The number of rotatable bonds is 6. The highest BCUT2D eigenvalue weighted by Gasteiger charge is 2.32. The first-order chi connectivity index (χ1) is 9.15. The fraction of sp³-hybridized carbons (Fsp3) is 0.733. The lowest BCUT2D eigenvalue weighted by Gasteiger charge is -2.32. The minimum Gasteiger partial charge on any atom is -0.464 e. The standard InChI is InChI=1S/C15H27N3O/c1-4-13-7-8-15(19-13)14(10-16)18-9-5-6-12(18)11-17(2)3/h7-8,12,14H,4-6,9-11,16H2,1-3H3.